The van der Waals surface area contributed by atoms with Crippen molar-refractivity contribution in [2.24, 2.45) is 0 Å². The number of hydrogen-bond acceptors (Lipinski definition) is 6. The smallest absolute Gasteiger partial charge is 0.189 e. The van der Waals surface area contributed by atoms with Gasteiger partial charge < -0.3 is 25.2 Å². The molecule has 3 rings (SSSR count). The first-order valence-electron chi connectivity index (χ1n) is 8.15. The lowest BCUT2D eigenvalue weighted by Crippen LogP contribution is -2.46. The number of rotatable bonds is 3. The Morgan fingerprint density at radius 1 is 1.15 bits per heavy atom. The Labute approximate surface area is 150 Å². The number of carbonyl (C=O) groups is 1. The van der Waals surface area contributed by atoms with Gasteiger partial charge in [0.25, 0.3) is 0 Å². The van der Waals surface area contributed by atoms with Crippen molar-refractivity contribution in [1.82, 2.24) is 0 Å². The first kappa shape index (κ1) is 17.8. The molecule has 0 spiro atoms. The summed E-state index contributed by atoms with van der Waals surface area (Å²) in [5, 5.41) is 39.4. The Hall–Kier alpha value is -2.99. The summed E-state index contributed by atoms with van der Waals surface area (Å²) in [6.45, 7) is 3.49. The molecule has 6 nitrogen and oxygen atoms in total. The molecule has 1 heterocycles. The zero-order chi connectivity index (χ0) is 19.1. The average Bonchev–Trinajstić information content (AvgIpc) is 2.54. The van der Waals surface area contributed by atoms with E-state index in [-0.39, 0.29) is 22.8 Å². The standard InChI is InChI=1S/C20H20O6/c1-20(2)18(25)9-12-7-11(8-17(24)19(12)26-20)3-6-15(22)14-5-4-13(21)10-16(14)23/h3-8,10,18,21,23-25H,9H2,1-2H3/b6-3+/t18-/m0/s1. The zero-order valence-corrected chi connectivity index (χ0v) is 14.4. The van der Waals surface area contributed by atoms with Crippen LogP contribution in [0.2, 0.25) is 0 Å². The SMILES string of the molecule is CC1(C)Oc2c(O)cc(/C=C/C(=O)c3ccc(O)cc3O)cc2C[C@@H]1O. The van der Waals surface area contributed by atoms with E-state index in [1.54, 1.807) is 19.9 Å². The van der Waals surface area contributed by atoms with Crippen molar-refractivity contribution in [3.8, 4) is 23.0 Å². The topological polar surface area (TPSA) is 107 Å². The quantitative estimate of drug-likeness (QED) is 0.498. The molecule has 0 aliphatic carbocycles. The second-order valence-electron chi connectivity index (χ2n) is 6.85. The monoisotopic (exact) mass is 356 g/mol. The molecule has 0 radical (unpaired) electrons. The fourth-order valence-corrected chi connectivity index (χ4v) is 2.84. The number of benzene rings is 2. The van der Waals surface area contributed by atoms with Gasteiger partial charge in [0.15, 0.2) is 17.3 Å². The summed E-state index contributed by atoms with van der Waals surface area (Å²) in [7, 11) is 0. The van der Waals surface area contributed by atoms with Crippen molar-refractivity contribution in [3.05, 3.63) is 53.1 Å². The molecule has 2 aromatic carbocycles. The average molecular weight is 356 g/mol. The number of ether oxygens (including phenoxy) is 1. The van der Waals surface area contributed by atoms with E-state index < -0.39 is 17.5 Å². The summed E-state index contributed by atoms with van der Waals surface area (Å²) in [4.78, 5) is 12.2. The van der Waals surface area contributed by atoms with Crippen LogP contribution in [0.3, 0.4) is 0 Å². The molecule has 0 fully saturated rings. The summed E-state index contributed by atoms with van der Waals surface area (Å²) >= 11 is 0. The second kappa shape index (κ2) is 6.38. The Kier molecular flexibility index (Phi) is 4.38. The van der Waals surface area contributed by atoms with Crippen molar-refractivity contribution in [1.29, 1.82) is 0 Å². The van der Waals surface area contributed by atoms with Gasteiger partial charge in [0.1, 0.15) is 17.1 Å². The molecular weight excluding hydrogens is 336 g/mol. The van der Waals surface area contributed by atoms with Crippen LogP contribution < -0.4 is 4.74 Å². The molecule has 0 saturated carbocycles. The van der Waals surface area contributed by atoms with Gasteiger partial charge in [0.05, 0.1) is 11.7 Å². The first-order chi connectivity index (χ1) is 12.2. The fourth-order valence-electron chi connectivity index (χ4n) is 2.84. The maximum atomic E-state index is 12.2. The minimum Gasteiger partial charge on any atom is -0.508 e. The van der Waals surface area contributed by atoms with Crippen LogP contribution in [0, 0.1) is 0 Å². The molecule has 0 saturated heterocycles. The number of aliphatic hydroxyl groups excluding tert-OH is 1. The van der Waals surface area contributed by atoms with Crippen LogP contribution in [-0.4, -0.2) is 37.9 Å². The van der Waals surface area contributed by atoms with E-state index in [0.717, 1.165) is 6.07 Å². The van der Waals surface area contributed by atoms with Crippen LogP contribution in [0.4, 0.5) is 0 Å². The highest BCUT2D eigenvalue weighted by atomic mass is 16.5. The van der Waals surface area contributed by atoms with Gasteiger partial charge in [0.2, 0.25) is 0 Å². The first-order valence-corrected chi connectivity index (χ1v) is 8.15. The number of phenols is 3. The van der Waals surface area contributed by atoms with E-state index in [0.29, 0.717) is 23.3 Å². The third-order valence-electron chi connectivity index (χ3n) is 4.42. The molecule has 136 valence electrons. The molecule has 26 heavy (non-hydrogen) atoms. The highest BCUT2D eigenvalue weighted by Crippen LogP contribution is 2.40. The molecule has 6 heteroatoms. The number of aliphatic hydroxyl groups is 1. The van der Waals surface area contributed by atoms with Crippen LogP contribution in [0.1, 0.15) is 35.3 Å². The number of phenolic OH excluding ortho intramolecular Hbond substituents is 3. The van der Waals surface area contributed by atoms with Gasteiger partial charge in [0, 0.05) is 18.1 Å². The van der Waals surface area contributed by atoms with Crippen molar-refractivity contribution in [2.45, 2.75) is 32.0 Å². The molecular formula is C20H20O6. The summed E-state index contributed by atoms with van der Waals surface area (Å²) in [5.74, 6) is -0.630. The summed E-state index contributed by atoms with van der Waals surface area (Å²) in [6.07, 6.45) is 2.37. The molecule has 4 N–H and O–H groups in total. The summed E-state index contributed by atoms with van der Waals surface area (Å²) in [6, 6.07) is 6.92. The molecule has 0 aromatic heterocycles. The van der Waals surface area contributed by atoms with E-state index in [9.17, 15) is 25.2 Å². The Morgan fingerprint density at radius 3 is 2.58 bits per heavy atom. The highest BCUT2D eigenvalue weighted by Gasteiger charge is 2.37. The molecule has 1 aliphatic heterocycles. The second-order valence-corrected chi connectivity index (χ2v) is 6.85. The molecule has 0 bridgehead atoms. The number of aromatic hydroxyl groups is 3. The Bertz CT molecular complexity index is 897. The minimum absolute atomic E-state index is 0.0572. The minimum atomic E-state index is -0.797. The van der Waals surface area contributed by atoms with Crippen molar-refractivity contribution >= 4 is 11.9 Å². The fraction of sp³-hybridized carbons (Fsp3) is 0.250. The number of allylic oxidation sites excluding steroid dienone is 1. The van der Waals surface area contributed by atoms with Gasteiger partial charge in [-0.3, -0.25) is 4.79 Å². The maximum absolute atomic E-state index is 12.2. The van der Waals surface area contributed by atoms with Crippen LogP contribution in [-0.2, 0) is 6.42 Å². The maximum Gasteiger partial charge on any atom is 0.189 e. The molecule has 2 aromatic rings. The van der Waals surface area contributed by atoms with E-state index in [2.05, 4.69) is 0 Å². The van der Waals surface area contributed by atoms with E-state index in [4.69, 9.17) is 4.74 Å². The van der Waals surface area contributed by atoms with Gasteiger partial charge in [-0.2, -0.15) is 0 Å². The largest absolute Gasteiger partial charge is 0.508 e. The van der Waals surface area contributed by atoms with Gasteiger partial charge in [-0.25, -0.2) is 0 Å². The summed E-state index contributed by atoms with van der Waals surface area (Å²) in [5.41, 5.74) is 0.468. The zero-order valence-electron chi connectivity index (χ0n) is 14.4. The molecule has 1 aliphatic rings. The van der Waals surface area contributed by atoms with Crippen molar-refractivity contribution < 1.29 is 30.0 Å². The van der Waals surface area contributed by atoms with E-state index >= 15 is 0 Å². The van der Waals surface area contributed by atoms with Crippen LogP contribution in [0.15, 0.2) is 36.4 Å². The predicted molar refractivity (Wildman–Crippen MR) is 95.7 cm³/mol. The van der Waals surface area contributed by atoms with Gasteiger partial charge in [-0.1, -0.05) is 6.08 Å². The number of ketones is 1. The van der Waals surface area contributed by atoms with Gasteiger partial charge in [-0.05, 0) is 49.8 Å². The molecule has 0 amide bonds. The van der Waals surface area contributed by atoms with Crippen molar-refractivity contribution in [3.63, 3.8) is 0 Å². The van der Waals surface area contributed by atoms with Crippen LogP contribution in [0.25, 0.3) is 6.08 Å². The van der Waals surface area contributed by atoms with Crippen molar-refractivity contribution in [2.75, 3.05) is 0 Å². The number of hydrogen-bond donors (Lipinski definition) is 4. The molecule has 1 atom stereocenters. The van der Waals surface area contributed by atoms with E-state index in [1.807, 2.05) is 0 Å². The van der Waals surface area contributed by atoms with E-state index in [1.165, 1.54) is 30.4 Å². The van der Waals surface area contributed by atoms with Crippen LogP contribution in [0.5, 0.6) is 23.0 Å². The normalized spacial score (nSPS) is 18.3. The lowest BCUT2D eigenvalue weighted by molar-refractivity contribution is -0.0425. The van der Waals surface area contributed by atoms with Crippen LogP contribution >= 0.6 is 0 Å². The number of carbonyl (C=O) groups excluding carboxylic acids is 1. The Balaban J connectivity index is 1.87. The lowest BCUT2D eigenvalue weighted by atomic mass is 9.90. The highest BCUT2D eigenvalue weighted by molar-refractivity contribution is 6.08. The number of fused-ring (bicyclic) bond motifs is 1. The third-order valence-corrected chi connectivity index (χ3v) is 4.42. The Morgan fingerprint density at radius 2 is 1.88 bits per heavy atom. The molecule has 0 unspecified atom stereocenters. The summed E-state index contributed by atoms with van der Waals surface area (Å²) < 4.78 is 5.69. The van der Waals surface area contributed by atoms with Gasteiger partial charge >= 0.3 is 0 Å². The third kappa shape index (κ3) is 3.36. The lowest BCUT2D eigenvalue weighted by Gasteiger charge is -2.37. The predicted octanol–water partition coefficient (Wildman–Crippen LogP) is 2.77. The van der Waals surface area contributed by atoms with Gasteiger partial charge in [-0.15, -0.1) is 0 Å².